The molecule has 0 aliphatic carbocycles. The van der Waals surface area contributed by atoms with Crippen molar-refractivity contribution in [2.45, 2.75) is 18.9 Å². The minimum absolute atomic E-state index is 0.163. The molecule has 108 valence electrons. The number of amides is 2. The lowest BCUT2D eigenvalue weighted by Gasteiger charge is -2.43. The Bertz CT molecular complexity index is 496. The van der Waals surface area contributed by atoms with Crippen molar-refractivity contribution >= 4 is 17.4 Å². The van der Waals surface area contributed by atoms with Gasteiger partial charge in [0.15, 0.2) is 0 Å². The van der Waals surface area contributed by atoms with Crippen LogP contribution in [0.2, 0.25) is 0 Å². The molecule has 1 aromatic carbocycles. The molecule has 5 heteroatoms. The molecule has 2 aliphatic rings. The summed E-state index contributed by atoms with van der Waals surface area (Å²) in [7, 11) is 2.15. The van der Waals surface area contributed by atoms with Gasteiger partial charge in [-0.15, -0.1) is 0 Å². The maximum atomic E-state index is 11.9. The molecule has 1 fully saturated rings. The van der Waals surface area contributed by atoms with E-state index >= 15 is 0 Å². The molecule has 0 spiro atoms. The first kappa shape index (κ1) is 13.2. The van der Waals surface area contributed by atoms with Crippen molar-refractivity contribution in [2.24, 2.45) is 11.7 Å². The van der Waals surface area contributed by atoms with Crippen molar-refractivity contribution in [3.63, 3.8) is 0 Å². The summed E-state index contributed by atoms with van der Waals surface area (Å²) in [6.45, 7) is 2.97. The van der Waals surface area contributed by atoms with Crippen molar-refractivity contribution in [2.75, 3.05) is 36.9 Å². The normalized spacial score (nSPS) is 24.1. The SMILES string of the molecule is CN1CCC(C2CNc3ccccc3N2C(N)=O)CC1. The summed E-state index contributed by atoms with van der Waals surface area (Å²) >= 11 is 0. The molecule has 1 unspecified atom stereocenters. The average molecular weight is 274 g/mol. The Morgan fingerprint density at radius 2 is 2.00 bits per heavy atom. The van der Waals surface area contributed by atoms with Gasteiger partial charge >= 0.3 is 6.03 Å². The Hall–Kier alpha value is -1.75. The van der Waals surface area contributed by atoms with E-state index in [1.807, 2.05) is 24.3 Å². The van der Waals surface area contributed by atoms with Gasteiger partial charge in [0.05, 0.1) is 17.4 Å². The lowest BCUT2D eigenvalue weighted by atomic mass is 9.87. The second-order valence-corrected chi connectivity index (χ2v) is 5.81. The Labute approximate surface area is 119 Å². The van der Waals surface area contributed by atoms with Gasteiger partial charge < -0.3 is 16.0 Å². The molecule has 0 bridgehead atoms. The average Bonchev–Trinajstić information content (AvgIpc) is 2.46. The first-order valence-electron chi connectivity index (χ1n) is 7.27. The van der Waals surface area contributed by atoms with Gasteiger partial charge in [-0.2, -0.15) is 0 Å². The van der Waals surface area contributed by atoms with E-state index in [0.29, 0.717) is 5.92 Å². The van der Waals surface area contributed by atoms with Gasteiger partial charge in [0.1, 0.15) is 0 Å². The molecule has 2 amide bonds. The molecular weight excluding hydrogens is 252 g/mol. The fraction of sp³-hybridized carbons (Fsp3) is 0.533. The van der Waals surface area contributed by atoms with E-state index < -0.39 is 0 Å². The van der Waals surface area contributed by atoms with Crippen molar-refractivity contribution in [3.05, 3.63) is 24.3 Å². The first-order valence-corrected chi connectivity index (χ1v) is 7.27. The molecule has 2 heterocycles. The number of carbonyl (C=O) groups excluding carboxylic acids is 1. The zero-order valence-electron chi connectivity index (χ0n) is 11.9. The number of nitrogens with two attached hydrogens (primary N) is 1. The molecule has 0 aromatic heterocycles. The van der Waals surface area contributed by atoms with Gasteiger partial charge in [-0.25, -0.2) is 4.79 Å². The molecule has 3 rings (SSSR count). The van der Waals surface area contributed by atoms with Crippen molar-refractivity contribution in [1.82, 2.24) is 4.90 Å². The highest BCUT2D eigenvalue weighted by Crippen LogP contribution is 2.35. The summed E-state index contributed by atoms with van der Waals surface area (Å²) in [6.07, 6.45) is 2.24. The molecule has 3 N–H and O–H groups in total. The van der Waals surface area contributed by atoms with Gasteiger partial charge in [-0.1, -0.05) is 12.1 Å². The first-order chi connectivity index (χ1) is 9.66. The Morgan fingerprint density at radius 3 is 2.70 bits per heavy atom. The number of benzene rings is 1. The van der Waals surface area contributed by atoms with E-state index in [4.69, 9.17) is 5.73 Å². The predicted molar refractivity (Wildman–Crippen MR) is 81.0 cm³/mol. The number of nitrogens with zero attached hydrogens (tertiary/aromatic N) is 2. The number of carbonyl (C=O) groups is 1. The van der Waals surface area contributed by atoms with E-state index in [0.717, 1.165) is 43.9 Å². The zero-order chi connectivity index (χ0) is 14.1. The molecule has 1 saturated heterocycles. The number of nitrogens with one attached hydrogen (secondary N) is 1. The number of hydrogen-bond acceptors (Lipinski definition) is 3. The van der Waals surface area contributed by atoms with Crippen LogP contribution >= 0.6 is 0 Å². The van der Waals surface area contributed by atoms with Crippen molar-refractivity contribution in [1.29, 1.82) is 0 Å². The van der Waals surface area contributed by atoms with Crippen LogP contribution in [0.1, 0.15) is 12.8 Å². The van der Waals surface area contributed by atoms with Crippen LogP contribution in [0.25, 0.3) is 0 Å². The molecule has 1 aromatic rings. The Morgan fingerprint density at radius 1 is 1.30 bits per heavy atom. The second kappa shape index (κ2) is 5.32. The largest absolute Gasteiger partial charge is 0.381 e. The molecule has 20 heavy (non-hydrogen) atoms. The number of rotatable bonds is 1. The number of fused-ring (bicyclic) bond motifs is 1. The lowest BCUT2D eigenvalue weighted by Crippen LogP contribution is -2.55. The summed E-state index contributed by atoms with van der Waals surface area (Å²) in [5, 5.41) is 3.44. The summed E-state index contributed by atoms with van der Waals surface area (Å²) in [5.41, 5.74) is 7.56. The number of hydrogen-bond donors (Lipinski definition) is 2. The fourth-order valence-electron chi connectivity index (χ4n) is 3.39. The van der Waals surface area contributed by atoms with Gasteiger partial charge in [-0.05, 0) is 51.0 Å². The maximum Gasteiger partial charge on any atom is 0.319 e. The third kappa shape index (κ3) is 2.33. The monoisotopic (exact) mass is 274 g/mol. The number of urea groups is 1. The van der Waals surface area contributed by atoms with Crippen molar-refractivity contribution in [3.8, 4) is 0 Å². The van der Waals surface area contributed by atoms with Gasteiger partial charge in [0, 0.05) is 6.54 Å². The van der Waals surface area contributed by atoms with E-state index in [-0.39, 0.29) is 12.1 Å². The summed E-state index contributed by atoms with van der Waals surface area (Å²) in [5.74, 6) is 0.513. The van der Waals surface area contributed by atoms with E-state index in [1.54, 1.807) is 4.90 Å². The van der Waals surface area contributed by atoms with E-state index in [2.05, 4.69) is 17.3 Å². The van der Waals surface area contributed by atoms with Crippen LogP contribution in [0.5, 0.6) is 0 Å². The highest BCUT2D eigenvalue weighted by molar-refractivity contribution is 5.96. The van der Waals surface area contributed by atoms with Crippen LogP contribution < -0.4 is 16.0 Å². The van der Waals surface area contributed by atoms with E-state index in [9.17, 15) is 4.79 Å². The van der Waals surface area contributed by atoms with Crippen LogP contribution in [-0.4, -0.2) is 43.7 Å². The van der Waals surface area contributed by atoms with Crippen LogP contribution in [0.4, 0.5) is 16.2 Å². The third-order valence-electron chi connectivity index (χ3n) is 4.54. The van der Waals surface area contributed by atoms with Gasteiger partial charge in [0.2, 0.25) is 0 Å². The minimum atomic E-state index is -0.345. The van der Waals surface area contributed by atoms with Crippen LogP contribution in [0.15, 0.2) is 24.3 Å². The van der Waals surface area contributed by atoms with E-state index in [1.165, 1.54) is 0 Å². The molecule has 0 radical (unpaired) electrons. The Balaban J connectivity index is 1.87. The quantitative estimate of drug-likeness (QED) is 0.819. The standard InChI is InChI=1S/C15H22N4O/c1-18-8-6-11(7-9-18)14-10-17-12-4-2-3-5-13(12)19(14)15(16)20/h2-5,11,14,17H,6-10H2,1H3,(H2,16,20). The second-order valence-electron chi connectivity index (χ2n) is 5.81. The molecule has 5 nitrogen and oxygen atoms in total. The third-order valence-corrected chi connectivity index (χ3v) is 4.54. The highest BCUT2D eigenvalue weighted by Gasteiger charge is 2.36. The topological polar surface area (TPSA) is 61.6 Å². The summed E-state index contributed by atoms with van der Waals surface area (Å²) in [4.78, 5) is 16.1. The van der Waals surface area contributed by atoms with Crippen molar-refractivity contribution < 1.29 is 4.79 Å². The Kier molecular flexibility index (Phi) is 3.53. The highest BCUT2D eigenvalue weighted by atomic mass is 16.2. The molecule has 0 saturated carbocycles. The number of piperidine rings is 1. The molecule has 1 atom stereocenters. The van der Waals surface area contributed by atoms with Crippen LogP contribution in [0.3, 0.4) is 0 Å². The number of likely N-dealkylation sites (tertiary alicyclic amines) is 1. The number of anilines is 2. The zero-order valence-corrected chi connectivity index (χ0v) is 11.9. The van der Waals surface area contributed by atoms with Gasteiger partial charge in [-0.3, -0.25) is 4.90 Å². The summed E-state index contributed by atoms with van der Waals surface area (Å²) < 4.78 is 0. The summed E-state index contributed by atoms with van der Waals surface area (Å²) in [6, 6.07) is 7.71. The van der Waals surface area contributed by atoms with Crippen LogP contribution in [0, 0.1) is 5.92 Å². The molecule has 2 aliphatic heterocycles. The predicted octanol–water partition coefficient (Wildman–Crippen LogP) is 1.71. The minimum Gasteiger partial charge on any atom is -0.381 e. The number of primary amides is 1. The fourth-order valence-corrected chi connectivity index (χ4v) is 3.39. The lowest BCUT2D eigenvalue weighted by molar-refractivity contribution is 0.195. The molecular formula is C15H22N4O. The van der Waals surface area contributed by atoms with Crippen LogP contribution in [-0.2, 0) is 0 Å². The van der Waals surface area contributed by atoms with Gasteiger partial charge in [0.25, 0.3) is 0 Å². The maximum absolute atomic E-state index is 11.9. The smallest absolute Gasteiger partial charge is 0.319 e. The number of para-hydroxylation sites is 2.